The van der Waals surface area contributed by atoms with E-state index < -0.39 is 16.0 Å². The third-order valence-electron chi connectivity index (χ3n) is 7.77. The number of fused-ring (bicyclic) bond motifs is 4. The number of hydrogen-bond acceptors (Lipinski definition) is 7. The van der Waals surface area contributed by atoms with Gasteiger partial charge in [0.05, 0.1) is 22.1 Å². The third kappa shape index (κ3) is 3.54. The van der Waals surface area contributed by atoms with Gasteiger partial charge in [0.2, 0.25) is 0 Å². The Morgan fingerprint density at radius 2 is 2.06 bits per heavy atom. The number of benzene rings is 1. The van der Waals surface area contributed by atoms with E-state index in [4.69, 9.17) is 4.74 Å². The van der Waals surface area contributed by atoms with Crippen molar-refractivity contribution in [1.82, 2.24) is 4.98 Å². The molecule has 2 heterocycles. The van der Waals surface area contributed by atoms with Gasteiger partial charge >= 0.3 is 11.9 Å². The Hall–Kier alpha value is -2.46. The molecular weight excluding hydrogens is 464 g/mol. The zero-order valence-corrected chi connectivity index (χ0v) is 20.2. The van der Waals surface area contributed by atoms with Crippen molar-refractivity contribution in [3.63, 3.8) is 0 Å². The number of esters is 1. The van der Waals surface area contributed by atoms with Gasteiger partial charge in [-0.05, 0) is 42.9 Å². The van der Waals surface area contributed by atoms with E-state index in [1.54, 1.807) is 0 Å². The molecule has 0 radical (unpaired) electrons. The van der Waals surface area contributed by atoms with Crippen LogP contribution in [0.1, 0.15) is 60.5 Å². The van der Waals surface area contributed by atoms with Crippen LogP contribution in [0.3, 0.4) is 0 Å². The van der Waals surface area contributed by atoms with Crippen LogP contribution >= 0.6 is 11.3 Å². The maximum atomic E-state index is 12.9. The van der Waals surface area contributed by atoms with Crippen molar-refractivity contribution in [2.45, 2.75) is 57.0 Å². The van der Waals surface area contributed by atoms with Gasteiger partial charge in [0.1, 0.15) is 6.10 Å². The van der Waals surface area contributed by atoms with Crippen LogP contribution in [-0.2, 0) is 26.0 Å². The average molecular weight is 491 g/mol. The van der Waals surface area contributed by atoms with E-state index in [9.17, 15) is 23.1 Å². The minimum absolute atomic E-state index is 0.0227. The molecule has 2 N–H and O–H groups in total. The van der Waals surface area contributed by atoms with Crippen molar-refractivity contribution in [2.75, 3.05) is 4.72 Å². The Morgan fingerprint density at radius 3 is 2.79 bits per heavy atom. The lowest BCUT2D eigenvalue weighted by Crippen LogP contribution is -2.50. The molecular formula is C23H26N2O6S2. The Kier molecular flexibility index (Phi) is 5.09. The number of nitrogens with zero attached hydrogens (tertiary/aromatic N) is 1. The lowest BCUT2D eigenvalue weighted by molar-refractivity contribution is -0.149. The fourth-order valence-electron chi connectivity index (χ4n) is 6.09. The summed E-state index contributed by atoms with van der Waals surface area (Å²) in [6.45, 7) is 6.28. The van der Waals surface area contributed by atoms with Gasteiger partial charge < -0.3 is 9.84 Å². The molecule has 1 saturated heterocycles. The average Bonchev–Trinajstić information content (AvgIpc) is 3.27. The van der Waals surface area contributed by atoms with E-state index in [-0.39, 0.29) is 56.8 Å². The number of rotatable bonds is 4. The van der Waals surface area contributed by atoms with Gasteiger partial charge in [-0.3, -0.25) is 9.52 Å². The predicted molar refractivity (Wildman–Crippen MR) is 122 cm³/mol. The largest absolute Gasteiger partial charge is 0.478 e. The SMILES string of the molecule is C[C@@H]1C(=O)O[C@H]2[C@H]1CC[C@@]1(C)Cc3sc(NS(=O)(=O)c4cccc(C(=O)O)c4)nc3[C@@H](C)[C@H]21. The summed E-state index contributed by atoms with van der Waals surface area (Å²) in [6.07, 6.45) is 2.57. The van der Waals surface area contributed by atoms with Gasteiger partial charge in [0.15, 0.2) is 5.13 Å². The summed E-state index contributed by atoms with van der Waals surface area (Å²) in [4.78, 5) is 29.1. The van der Waals surface area contributed by atoms with Crippen LogP contribution in [0.15, 0.2) is 29.2 Å². The van der Waals surface area contributed by atoms with Crippen molar-refractivity contribution in [3.8, 4) is 0 Å². The zero-order chi connectivity index (χ0) is 23.7. The van der Waals surface area contributed by atoms with Crippen LogP contribution in [0.2, 0.25) is 0 Å². The number of carboxylic acid groups (broad SMARTS) is 1. The minimum Gasteiger partial charge on any atom is -0.478 e. The van der Waals surface area contributed by atoms with Gasteiger partial charge in [0, 0.05) is 22.6 Å². The first-order chi connectivity index (χ1) is 15.5. The topological polar surface area (TPSA) is 123 Å². The highest BCUT2D eigenvalue weighted by atomic mass is 32.2. The number of thiazole rings is 1. The van der Waals surface area contributed by atoms with E-state index >= 15 is 0 Å². The Morgan fingerprint density at radius 1 is 1.30 bits per heavy atom. The predicted octanol–water partition coefficient (Wildman–Crippen LogP) is 3.90. The van der Waals surface area contributed by atoms with Gasteiger partial charge in [0.25, 0.3) is 10.0 Å². The summed E-state index contributed by atoms with van der Waals surface area (Å²) < 4.78 is 34.2. The van der Waals surface area contributed by atoms with Crippen LogP contribution < -0.4 is 4.72 Å². The molecule has 0 bridgehead atoms. The lowest BCUT2D eigenvalue weighted by atomic mass is 9.54. The van der Waals surface area contributed by atoms with Crippen molar-refractivity contribution >= 4 is 38.4 Å². The molecule has 1 aromatic carbocycles. The molecule has 1 aromatic heterocycles. The van der Waals surface area contributed by atoms with Gasteiger partial charge in [-0.15, -0.1) is 11.3 Å². The first kappa shape index (κ1) is 22.3. The number of ether oxygens (including phenoxy) is 1. The molecule has 2 fully saturated rings. The number of hydrogen-bond donors (Lipinski definition) is 2. The molecule has 2 aromatic rings. The maximum Gasteiger partial charge on any atom is 0.335 e. The van der Waals surface area contributed by atoms with E-state index in [1.165, 1.54) is 29.5 Å². The number of aromatic carboxylic acids is 1. The highest BCUT2D eigenvalue weighted by Gasteiger charge is 2.58. The number of carbonyl (C=O) groups excluding carboxylic acids is 1. The molecule has 6 atom stereocenters. The summed E-state index contributed by atoms with van der Waals surface area (Å²) in [6, 6.07) is 5.23. The molecule has 5 rings (SSSR count). The smallest absolute Gasteiger partial charge is 0.335 e. The van der Waals surface area contributed by atoms with E-state index in [0.29, 0.717) is 0 Å². The van der Waals surface area contributed by atoms with E-state index in [0.717, 1.165) is 35.9 Å². The third-order valence-corrected chi connectivity index (χ3v) is 10.2. The molecule has 1 saturated carbocycles. The standard InChI is InChI=1S/C23H26N2O6S2/c1-11-15-7-8-23(3)10-16-18(12(2)17(23)19(15)31-21(11)28)24-22(32-16)25-33(29,30)14-6-4-5-13(9-14)20(26)27/h4-6,9,11-12,15,17,19H,7-8,10H2,1-3H3,(H,24,25)(H,26,27)/t11-,12-,15-,17+,19-,23-/m0/s1. The lowest BCUT2D eigenvalue weighted by Gasteiger charge is -2.51. The van der Waals surface area contributed by atoms with Crippen LogP contribution in [-0.4, -0.2) is 36.6 Å². The Bertz CT molecular complexity index is 1260. The highest BCUT2D eigenvalue weighted by Crippen LogP contribution is 2.59. The van der Waals surface area contributed by atoms with Gasteiger partial charge in [-0.25, -0.2) is 18.2 Å². The molecule has 0 spiro atoms. The summed E-state index contributed by atoms with van der Waals surface area (Å²) in [5.74, 6) is -1.03. The second-order valence-corrected chi connectivity index (χ2v) is 12.6. The van der Waals surface area contributed by atoms with Crippen LogP contribution in [0.4, 0.5) is 5.13 Å². The number of carboxylic acids is 1. The molecule has 10 heteroatoms. The zero-order valence-electron chi connectivity index (χ0n) is 18.6. The normalized spacial score (nSPS) is 32.9. The second-order valence-electron chi connectivity index (χ2n) is 9.80. The number of sulfonamides is 1. The van der Waals surface area contributed by atoms with Gasteiger partial charge in [-0.2, -0.15) is 0 Å². The molecule has 3 aliphatic rings. The fraction of sp³-hybridized carbons (Fsp3) is 0.522. The molecule has 33 heavy (non-hydrogen) atoms. The number of anilines is 1. The van der Waals surface area contributed by atoms with E-state index in [1.807, 2.05) is 6.92 Å². The second kappa shape index (κ2) is 7.53. The monoisotopic (exact) mass is 490 g/mol. The fourth-order valence-corrected chi connectivity index (χ4v) is 8.64. The molecule has 1 aliphatic heterocycles. The maximum absolute atomic E-state index is 12.9. The quantitative estimate of drug-likeness (QED) is 0.623. The first-order valence-corrected chi connectivity index (χ1v) is 13.4. The number of aromatic nitrogens is 1. The van der Waals surface area contributed by atoms with Crippen molar-refractivity contribution in [3.05, 3.63) is 40.4 Å². The first-order valence-electron chi connectivity index (χ1n) is 11.1. The minimum atomic E-state index is -3.99. The van der Waals surface area contributed by atoms with Crippen LogP contribution in [0.5, 0.6) is 0 Å². The van der Waals surface area contributed by atoms with Crippen molar-refractivity contribution < 1.29 is 27.9 Å². The van der Waals surface area contributed by atoms with Gasteiger partial charge in [-0.1, -0.05) is 26.8 Å². The Labute approximate surface area is 196 Å². The molecule has 176 valence electrons. The molecule has 2 aliphatic carbocycles. The van der Waals surface area contributed by atoms with Crippen LogP contribution in [0.25, 0.3) is 0 Å². The summed E-state index contributed by atoms with van der Waals surface area (Å²) in [5, 5.41) is 9.44. The summed E-state index contributed by atoms with van der Waals surface area (Å²) in [7, 11) is -3.99. The number of carbonyl (C=O) groups is 2. The van der Waals surface area contributed by atoms with E-state index in [2.05, 4.69) is 23.6 Å². The molecule has 8 nitrogen and oxygen atoms in total. The summed E-state index contributed by atoms with van der Waals surface area (Å²) in [5.41, 5.74) is 0.712. The van der Waals surface area contributed by atoms with Crippen molar-refractivity contribution in [1.29, 1.82) is 0 Å². The van der Waals surface area contributed by atoms with Crippen LogP contribution in [0, 0.1) is 23.2 Å². The molecule has 0 amide bonds. The number of nitrogens with one attached hydrogen (secondary N) is 1. The van der Waals surface area contributed by atoms with Crippen molar-refractivity contribution in [2.24, 2.45) is 23.2 Å². The molecule has 0 unspecified atom stereocenters. The highest BCUT2D eigenvalue weighted by molar-refractivity contribution is 7.93. The summed E-state index contributed by atoms with van der Waals surface area (Å²) >= 11 is 1.33. The Balaban J connectivity index is 1.45.